The smallest absolute Gasteiger partial charge is 0.331 e. The summed E-state index contributed by atoms with van der Waals surface area (Å²) >= 11 is 0. The molecule has 10 heteroatoms. The van der Waals surface area contributed by atoms with Crippen LogP contribution in [0.1, 0.15) is 11.1 Å². The van der Waals surface area contributed by atoms with Crippen molar-refractivity contribution in [2.24, 2.45) is 0 Å². The Kier molecular flexibility index (Phi) is 7.77. The number of benzene rings is 2. The fourth-order valence-corrected chi connectivity index (χ4v) is 4.00. The molecule has 36 heavy (non-hydrogen) atoms. The second-order valence-electron chi connectivity index (χ2n) is 8.22. The summed E-state index contributed by atoms with van der Waals surface area (Å²) in [5.41, 5.74) is 14.1. The highest BCUT2D eigenvalue weighted by atomic mass is 16.7. The van der Waals surface area contributed by atoms with Crippen LogP contribution < -0.4 is 20.9 Å². The van der Waals surface area contributed by atoms with Gasteiger partial charge in [-0.25, -0.2) is 9.59 Å². The van der Waals surface area contributed by atoms with Crippen molar-refractivity contribution >= 4 is 35.5 Å². The minimum atomic E-state index is -0.616. The van der Waals surface area contributed by atoms with Gasteiger partial charge in [0.2, 0.25) is 0 Å². The van der Waals surface area contributed by atoms with Crippen LogP contribution in [0, 0.1) is 0 Å². The summed E-state index contributed by atoms with van der Waals surface area (Å²) in [5, 5.41) is 0. The summed E-state index contributed by atoms with van der Waals surface area (Å²) in [6.45, 7) is 0.277. The zero-order chi connectivity index (χ0) is 25.7. The van der Waals surface area contributed by atoms with E-state index >= 15 is 0 Å². The molecule has 0 aliphatic carbocycles. The van der Waals surface area contributed by atoms with Crippen molar-refractivity contribution < 1.29 is 38.0 Å². The zero-order valence-corrected chi connectivity index (χ0v) is 19.9. The normalized spacial score (nSPS) is 23.1. The van der Waals surface area contributed by atoms with Crippen LogP contribution in [0.25, 0.3) is 12.2 Å². The third kappa shape index (κ3) is 5.78. The maximum Gasteiger partial charge on any atom is 0.331 e. The molecule has 0 radical (unpaired) electrons. The van der Waals surface area contributed by atoms with E-state index in [4.69, 9.17) is 39.9 Å². The van der Waals surface area contributed by atoms with Gasteiger partial charge in [0.05, 0.1) is 38.8 Å². The van der Waals surface area contributed by atoms with Gasteiger partial charge in [-0.15, -0.1) is 0 Å². The first-order valence-electron chi connectivity index (χ1n) is 11.3. The molecule has 0 unspecified atom stereocenters. The first kappa shape index (κ1) is 25.1. The number of ether oxygens (including phenoxy) is 6. The van der Waals surface area contributed by atoms with Crippen molar-refractivity contribution in [3.8, 4) is 11.5 Å². The van der Waals surface area contributed by atoms with Crippen molar-refractivity contribution in [2.75, 3.05) is 38.9 Å². The Hall–Kier alpha value is -4.02. The summed E-state index contributed by atoms with van der Waals surface area (Å²) < 4.78 is 32.8. The minimum Gasteiger partial charge on any atom is -0.495 e. The molecule has 0 saturated carbocycles. The van der Waals surface area contributed by atoms with E-state index in [0.29, 0.717) is 22.9 Å². The van der Waals surface area contributed by atoms with Gasteiger partial charge >= 0.3 is 11.9 Å². The van der Waals surface area contributed by atoms with Crippen molar-refractivity contribution in [3.63, 3.8) is 0 Å². The average Bonchev–Trinajstić information content (AvgIpc) is 3.46. The van der Waals surface area contributed by atoms with Gasteiger partial charge in [-0.2, -0.15) is 0 Å². The molecule has 0 bridgehead atoms. The summed E-state index contributed by atoms with van der Waals surface area (Å²) in [6, 6.07) is 10.3. The van der Waals surface area contributed by atoms with Crippen molar-refractivity contribution in [3.05, 3.63) is 59.7 Å². The van der Waals surface area contributed by atoms with E-state index in [1.165, 1.54) is 26.4 Å². The van der Waals surface area contributed by atoms with Crippen LogP contribution in [0.2, 0.25) is 0 Å². The molecule has 2 fully saturated rings. The Balaban J connectivity index is 1.29. The Morgan fingerprint density at radius 3 is 1.58 bits per heavy atom. The summed E-state index contributed by atoms with van der Waals surface area (Å²) in [4.78, 5) is 24.7. The Morgan fingerprint density at radius 2 is 1.19 bits per heavy atom. The van der Waals surface area contributed by atoms with Crippen molar-refractivity contribution in [1.82, 2.24) is 0 Å². The van der Waals surface area contributed by atoms with Gasteiger partial charge in [0.25, 0.3) is 0 Å². The van der Waals surface area contributed by atoms with Crippen LogP contribution >= 0.6 is 0 Å². The van der Waals surface area contributed by atoms with Crippen LogP contribution in [-0.4, -0.2) is 63.8 Å². The summed E-state index contributed by atoms with van der Waals surface area (Å²) in [7, 11) is 3.04. The molecular formula is C26H28N2O8. The van der Waals surface area contributed by atoms with Gasteiger partial charge in [-0.05, 0) is 47.5 Å². The van der Waals surface area contributed by atoms with Crippen LogP contribution in [-0.2, 0) is 28.5 Å². The van der Waals surface area contributed by atoms with E-state index < -0.39 is 36.4 Å². The predicted molar refractivity (Wildman–Crippen MR) is 132 cm³/mol. The number of carbonyl (C=O) groups is 2. The van der Waals surface area contributed by atoms with E-state index in [-0.39, 0.29) is 13.2 Å². The number of hydrogen-bond acceptors (Lipinski definition) is 10. The highest BCUT2D eigenvalue weighted by Crippen LogP contribution is 2.31. The van der Waals surface area contributed by atoms with Gasteiger partial charge < -0.3 is 39.9 Å². The van der Waals surface area contributed by atoms with E-state index in [1.807, 2.05) is 0 Å². The number of carbonyl (C=O) groups excluding carboxylic acids is 2. The fraction of sp³-hybridized carbons (Fsp3) is 0.308. The Morgan fingerprint density at radius 1 is 0.778 bits per heavy atom. The molecule has 4 atom stereocenters. The minimum absolute atomic E-state index is 0.139. The lowest BCUT2D eigenvalue weighted by Gasteiger charge is -2.16. The third-order valence-corrected chi connectivity index (χ3v) is 5.84. The monoisotopic (exact) mass is 496 g/mol. The molecule has 2 aromatic rings. The number of fused-ring (bicyclic) bond motifs is 1. The lowest BCUT2D eigenvalue weighted by atomic mass is 10.1. The standard InChI is InChI=1S/C26H28N2O8/c1-31-19-11-15(3-7-17(19)27)5-9-23(29)35-21-13-33-26-22(14-34-25(21)26)36-24(30)10-6-16-4-8-18(28)20(12-16)32-2/h3-12,21-22,25-26H,13-14,27-28H2,1-2H3/b9-5+,10-6+/t21-,22+,25-,26-/m1/s1. The number of esters is 2. The number of anilines is 2. The first-order chi connectivity index (χ1) is 17.4. The van der Waals surface area contributed by atoms with Crippen molar-refractivity contribution in [1.29, 1.82) is 0 Å². The first-order valence-corrected chi connectivity index (χ1v) is 11.3. The van der Waals surface area contributed by atoms with E-state index in [2.05, 4.69) is 0 Å². The Bertz CT molecular complexity index is 1090. The highest BCUT2D eigenvalue weighted by molar-refractivity contribution is 5.88. The Labute approximate surface area is 208 Å². The van der Waals surface area contributed by atoms with E-state index in [1.54, 1.807) is 48.6 Å². The molecule has 0 amide bonds. The third-order valence-electron chi connectivity index (χ3n) is 5.84. The topological polar surface area (TPSA) is 142 Å². The molecule has 4 rings (SSSR count). The molecule has 0 aromatic heterocycles. The lowest BCUT2D eigenvalue weighted by molar-refractivity contribution is -0.149. The van der Waals surface area contributed by atoms with Gasteiger partial charge in [0.1, 0.15) is 23.7 Å². The average molecular weight is 497 g/mol. The highest BCUT2D eigenvalue weighted by Gasteiger charge is 2.51. The predicted octanol–water partition coefficient (Wildman–Crippen LogP) is 2.22. The van der Waals surface area contributed by atoms with Crippen LogP contribution in [0.4, 0.5) is 11.4 Å². The lowest BCUT2D eigenvalue weighted by Crippen LogP contribution is -2.35. The number of hydrogen-bond donors (Lipinski definition) is 2. The van der Waals surface area contributed by atoms with E-state index in [0.717, 1.165) is 11.1 Å². The second kappa shape index (κ2) is 11.1. The molecular weight excluding hydrogens is 468 g/mol. The molecule has 2 heterocycles. The van der Waals surface area contributed by atoms with Gasteiger partial charge in [0.15, 0.2) is 12.2 Å². The van der Waals surface area contributed by atoms with Gasteiger partial charge in [0, 0.05) is 12.2 Å². The SMILES string of the molecule is COc1cc(/C=C/C(=O)O[C@H]2CO[C@H]3[C@@H]2OC[C@H]3OC(=O)/C=C/c2ccc(N)c(OC)c2)ccc1N. The molecule has 2 saturated heterocycles. The number of methoxy groups -OCH3 is 2. The number of nitrogen functional groups attached to an aromatic ring is 2. The quantitative estimate of drug-likeness (QED) is 0.317. The van der Waals surface area contributed by atoms with Crippen molar-refractivity contribution in [2.45, 2.75) is 24.4 Å². The molecule has 10 nitrogen and oxygen atoms in total. The molecule has 2 aromatic carbocycles. The molecule has 2 aliphatic heterocycles. The van der Waals surface area contributed by atoms with E-state index in [9.17, 15) is 9.59 Å². The summed E-state index contributed by atoms with van der Waals surface area (Å²) in [6.07, 6.45) is 3.53. The maximum absolute atomic E-state index is 12.3. The number of rotatable bonds is 8. The molecule has 0 spiro atoms. The summed E-state index contributed by atoms with van der Waals surface area (Å²) in [5.74, 6) is -0.0713. The van der Waals surface area contributed by atoms with Gasteiger partial charge in [-0.3, -0.25) is 0 Å². The van der Waals surface area contributed by atoms with Crippen LogP contribution in [0.15, 0.2) is 48.6 Å². The largest absolute Gasteiger partial charge is 0.495 e. The second-order valence-corrected chi connectivity index (χ2v) is 8.22. The molecule has 190 valence electrons. The van der Waals surface area contributed by atoms with Crippen LogP contribution in [0.5, 0.6) is 11.5 Å². The maximum atomic E-state index is 12.3. The van der Waals surface area contributed by atoms with Crippen LogP contribution in [0.3, 0.4) is 0 Å². The fourth-order valence-electron chi connectivity index (χ4n) is 4.00. The van der Waals surface area contributed by atoms with Gasteiger partial charge in [-0.1, -0.05) is 12.1 Å². The zero-order valence-electron chi connectivity index (χ0n) is 19.9. The molecule has 2 aliphatic rings. The number of nitrogens with two attached hydrogens (primary N) is 2. The molecule has 4 N–H and O–H groups in total.